The summed E-state index contributed by atoms with van der Waals surface area (Å²) in [4.78, 5) is 20.9. The Hall–Kier alpha value is -3.53. The molecule has 5 rings (SSSR count). The van der Waals surface area contributed by atoms with E-state index in [0.29, 0.717) is 45.7 Å². The van der Waals surface area contributed by atoms with Gasteiger partial charge in [0.1, 0.15) is 18.2 Å². The summed E-state index contributed by atoms with van der Waals surface area (Å²) in [5.74, 6) is 1.41. The highest BCUT2D eigenvalue weighted by molar-refractivity contribution is 5.94. The van der Waals surface area contributed by atoms with E-state index in [-0.39, 0.29) is 23.9 Å². The van der Waals surface area contributed by atoms with Crippen LogP contribution in [0.15, 0.2) is 48.8 Å². The van der Waals surface area contributed by atoms with Crippen molar-refractivity contribution in [1.82, 2.24) is 15.3 Å². The maximum absolute atomic E-state index is 13.6. The molecular formula is C24H21FN4O2. The van der Waals surface area contributed by atoms with Crippen molar-refractivity contribution in [2.45, 2.75) is 31.9 Å². The Balaban J connectivity index is 1.18. The highest BCUT2D eigenvalue weighted by Crippen LogP contribution is 2.59. The lowest BCUT2D eigenvalue weighted by Crippen LogP contribution is -2.36. The number of aromatic nitrogens is 2. The fourth-order valence-electron chi connectivity index (χ4n) is 5.02. The molecule has 2 fully saturated rings. The molecular weight excluding hydrogens is 395 g/mol. The molecule has 7 heteroatoms. The molecule has 1 amide bonds. The molecule has 2 aromatic carbocycles. The van der Waals surface area contributed by atoms with Crippen molar-refractivity contribution in [3.63, 3.8) is 0 Å². The number of nitriles is 1. The van der Waals surface area contributed by atoms with E-state index in [4.69, 9.17) is 10.00 Å². The molecule has 1 heterocycles. The molecule has 0 aliphatic heterocycles. The number of nitrogens with zero attached hydrogens (tertiary/aromatic N) is 3. The van der Waals surface area contributed by atoms with E-state index in [1.165, 1.54) is 18.5 Å². The van der Waals surface area contributed by atoms with Crippen molar-refractivity contribution < 1.29 is 13.9 Å². The second kappa shape index (κ2) is 7.62. The molecule has 6 nitrogen and oxygen atoms in total. The third-order valence-electron chi connectivity index (χ3n) is 6.52. The van der Waals surface area contributed by atoms with E-state index in [0.717, 1.165) is 12.8 Å². The van der Waals surface area contributed by atoms with Crippen LogP contribution in [0.1, 0.15) is 35.7 Å². The minimum Gasteiger partial charge on any atom is -0.474 e. The second-order valence-electron chi connectivity index (χ2n) is 8.41. The largest absolute Gasteiger partial charge is 0.474 e. The van der Waals surface area contributed by atoms with Gasteiger partial charge in [-0.05, 0) is 80.0 Å². The average molecular weight is 416 g/mol. The molecule has 2 aliphatic rings. The van der Waals surface area contributed by atoms with Crippen molar-refractivity contribution in [1.29, 1.82) is 5.26 Å². The van der Waals surface area contributed by atoms with Crippen LogP contribution < -0.4 is 10.1 Å². The van der Waals surface area contributed by atoms with Gasteiger partial charge in [-0.25, -0.2) is 14.4 Å². The molecule has 1 aromatic heterocycles. The van der Waals surface area contributed by atoms with E-state index in [1.54, 1.807) is 30.3 Å². The van der Waals surface area contributed by atoms with E-state index in [2.05, 4.69) is 21.4 Å². The topological polar surface area (TPSA) is 87.9 Å². The Morgan fingerprint density at radius 1 is 1.19 bits per heavy atom. The lowest BCUT2D eigenvalue weighted by Gasteiger charge is -2.20. The summed E-state index contributed by atoms with van der Waals surface area (Å²) in [6.45, 7) is 2.04. The van der Waals surface area contributed by atoms with Gasteiger partial charge in [0.05, 0.1) is 22.5 Å². The van der Waals surface area contributed by atoms with Crippen LogP contribution in [0.4, 0.5) is 4.39 Å². The predicted molar refractivity (Wildman–Crippen MR) is 112 cm³/mol. The van der Waals surface area contributed by atoms with Crippen LogP contribution in [0.3, 0.4) is 0 Å². The first-order valence-electron chi connectivity index (χ1n) is 10.4. The van der Waals surface area contributed by atoms with Gasteiger partial charge in [-0.1, -0.05) is 0 Å². The van der Waals surface area contributed by atoms with Gasteiger partial charge in [0.2, 0.25) is 5.88 Å². The molecule has 3 aromatic rings. The van der Waals surface area contributed by atoms with Crippen LogP contribution in [0.5, 0.6) is 5.88 Å². The SMILES string of the molecule is C[C@H](NC(=O)c1ccc(C#N)cc1)[C@H]1[C@@H]2C[C@@H](Oc3ncnc4ccc(F)cc34)C[C@@H]21. The number of halogens is 1. The van der Waals surface area contributed by atoms with Crippen LogP contribution in [0, 0.1) is 34.9 Å². The first-order chi connectivity index (χ1) is 15.0. The third kappa shape index (κ3) is 3.70. The minimum atomic E-state index is -0.340. The maximum Gasteiger partial charge on any atom is 0.251 e. The normalized spacial score (nSPS) is 24.8. The van der Waals surface area contributed by atoms with E-state index < -0.39 is 0 Å². The van der Waals surface area contributed by atoms with Gasteiger partial charge in [0.15, 0.2) is 0 Å². The lowest BCUT2D eigenvalue weighted by molar-refractivity contribution is 0.0930. The average Bonchev–Trinajstić information content (AvgIpc) is 3.29. The molecule has 5 atom stereocenters. The van der Waals surface area contributed by atoms with Crippen molar-refractivity contribution >= 4 is 16.8 Å². The molecule has 0 bridgehead atoms. The van der Waals surface area contributed by atoms with Crippen molar-refractivity contribution in [2.75, 3.05) is 0 Å². The Morgan fingerprint density at radius 2 is 1.94 bits per heavy atom. The van der Waals surface area contributed by atoms with Crippen molar-refractivity contribution in [2.24, 2.45) is 17.8 Å². The van der Waals surface area contributed by atoms with Crippen molar-refractivity contribution in [3.05, 3.63) is 65.7 Å². The molecule has 0 unspecified atom stereocenters. The Morgan fingerprint density at radius 3 is 2.65 bits per heavy atom. The predicted octanol–water partition coefficient (Wildman–Crippen LogP) is 3.86. The summed E-state index contributed by atoms with van der Waals surface area (Å²) < 4.78 is 19.8. The third-order valence-corrected chi connectivity index (χ3v) is 6.52. The van der Waals surface area contributed by atoms with Gasteiger partial charge in [-0.2, -0.15) is 5.26 Å². The van der Waals surface area contributed by atoms with Crippen LogP contribution in [0.2, 0.25) is 0 Å². The molecule has 0 saturated heterocycles. The van der Waals surface area contributed by atoms with Crippen LogP contribution in [-0.2, 0) is 0 Å². The van der Waals surface area contributed by atoms with Gasteiger partial charge in [0, 0.05) is 11.6 Å². The number of benzene rings is 2. The number of nitrogens with one attached hydrogen (secondary N) is 1. The highest BCUT2D eigenvalue weighted by Gasteiger charge is 2.58. The zero-order chi connectivity index (χ0) is 21.5. The summed E-state index contributed by atoms with van der Waals surface area (Å²) in [6, 6.07) is 13.2. The Kier molecular flexibility index (Phi) is 4.78. The quantitative estimate of drug-likeness (QED) is 0.682. The second-order valence-corrected chi connectivity index (χ2v) is 8.41. The Bertz CT molecular complexity index is 1180. The Labute approximate surface area is 179 Å². The number of fused-ring (bicyclic) bond motifs is 2. The highest BCUT2D eigenvalue weighted by atomic mass is 19.1. The van der Waals surface area contributed by atoms with E-state index in [9.17, 15) is 9.18 Å². The number of carbonyl (C=O) groups is 1. The number of carbonyl (C=O) groups excluding carboxylic acids is 1. The minimum absolute atomic E-state index is 0.0362. The molecule has 31 heavy (non-hydrogen) atoms. The zero-order valence-electron chi connectivity index (χ0n) is 17.0. The van der Waals surface area contributed by atoms with Crippen LogP contribution >= 0.6 is 0 Å². The maximum atomic E-state index is 13.6. The molecule has 0 spiro atoms. The summed E-state index contributed by atoms with van der Waals surface area (Å²) in [6.07, 6.45) is 3.27. The summed E-state index contributed by atoms with van der Waals surface area (Å²) >= 11 is 0. The molecule has 156 valence electrons. The first kappa shape index (κ1) is 19.4. The van der Waals surface area contributed by atoms with Gasteiger partial charge in [-0.15, -0.1) is 0 Å². The molecule has 0 radical (unpaired) electrons. The van der Waals surface area contributed by atoms with Gasteiger partial charge >= 0.3 is 0 Å². The van der Waals surface area contributed by atoms with Gasteiger partial charge < -0.3 is 10.1 Å². The van der Waals surface area contributed by atoms with Crippen molar-refractivity contribution in [3.8, 4) is 11.9 Å². The van der Waals surface area contributed by atoms with Gasteiger partial charge in [0.25, 0.3) is 5.91 Å². The lowest BCUT2D eigenvalue weighted by atomic mass is 10.0. The molecule has 1 N–H and O–H groups in total. The number of hydrogen-bond donors (Lipinski definition) is 1. The standard InChI is InChI=1S/C24H21FN4O2/c1-13(29-23(30)15-4-2-14(11-26)3-5-15)22-18-9-17(10-19(18)22)31-24-20-8-16(25)6-7-21(20)27-12-28-24/h2-8,12-13,17-19,22H,9-10H2,1H3,(H,29,30)/t13-,17-,18-,19+,22+/m0/s1. The monoisotopic (exact) mass is 416 g/mol. The number of amides is 1. The van der Waals surface area contributed by atoms with E-state index in [1.807, 2.05) is 6.92 Å². The number of hydrogen-bond acceptors (Lipinski definition) is 5. The summed E-state index contributed by atoms with van der Waals surface area (Å²) in [7, 11) is 0. The summed E-state index contributed by atoms with van der Waals surface area (Å²) in [5, 5.41) is 12.6. The van der Waals surface area contributed by atoms with Crippen LogP contribution in [-0.4, -0.2) is 28.0 Å². The van der Waals surface area contributed by atoms with Gasteiger partial charge in [-0.3, -0.25) is 4.79 Å². The number of ether oxygens (including phenoxy) is 1. The smallest absolute Gasteiger partial charge is 0.251 e. The molecule has 2 saturated carbocycles. The number of rotatable bonds is 5. The zero-order valence-corrected chi connectivity index (χ0v) is 17.0. The summed E-state index contributed by atoms with van der Waals surface area (Å²) in [5.41, 5.74) is 1.75. The molecule has 2 aliphatic carbocycles. The fourth-order valence-corrected chi connectivity index (χ4v) is 5.02. The van der Waals surface area contributed by atoms with E-state index >= 15 is 0 Å². The van der Waals surface area contributed by atoms with Crippen LogP contribution in [0.25, 0.3) is 10.9 Å². The fraction of sp³-hybridized carbons (Fsp3) is 0.333. The first-order valence-corrected chi connectivity index (χ1v) is 10.4.